The monoisotopic (exact) mass is 440 g/mol. The maximum absolute atomic E-state index is 12.5. The van der Waals surface area contributed by atoms with Gasteiger partial charge in [-0.05, 0) is 69.9 Å². The van der Waals surface area contributed by atoms with Gasteiger partial charge in [0.15, 0.2) is 0 Å². The van der Waals surface area contributed by atoms with Crippen molar-refractivity contribution in [3.05, 3.63) is 35.5 Å². The van der Waals surface area contributed by atoms with Gasteiger partial charge in [0.05, 0.1) is 5.52 Å². The van der Waals surface area contributed by atoms with Crippen LogP contribution in [0.2, 0.25) is 0 Å². The lowest BCUT2D eigenvalue weighted by molar-refractivity contribution is 0.0205. The largest absolute Gasteiger partial charge is 0.477 e. The fourth-order valence-corrected chi connectivity index (χ4v) is 5.38. The smallest absolute Gasteiger partial charge is 0.410 e. The Morgan fingerprint density at radius 1 is 1.06 bits per heavy atom. The van der Waals surface area contributed by atoms with E-state index in [0.717, 1.165) is 30.3 Å². The number of carboxylic acid groups (broad SMARTS) is 1. The summed E-state index contributed by atoms with van der Waals surface area (Å²) in [4.78, 5) is 26.3. The molecule has 1 saturated carbocycles. The van der Waals surface area contributed by atoms with Crippen molar-refractivity contribution in [2.24, 2.45) is 5.92 Å². The van der Waals surface area contributed by atoms with Gasteiger partial charge in [-0.3, -0.25) is 0 Å². The molecule has 0 unspecified atom stereocenters. The highest BCUT2D eigenvalue weighted by molar-refractivity contribution is 5.96. The van der Waals surface area contributed by atoms with Gasteiger partial charge in [-0.2, -0.15) is 0 Å². The maximum atomic E-state index is 12.5. The summed E-state index contributed by atoms with van der Waals surface area (Å²) in [6.07, 6.45) is 7.58. The van der Waals surface area contributed by atoms with Crippen molar-refractivity contribution in [3.8, 4) is 0 Å². The number of ether oxygens (including phenoxy) is 1. The molecule has 2 aliphatic rings. The summed E-state index contributed by atoms with van der Waals surface area (Å²) < 4.78 is 7.61. The second-order valence-electron chi connectivity index (χ2n) is 10.5. The molecule has 2 heterocycles. The molecule has 2 aromatic rings. The second-order valence-corrected chi connectivity index (χ2v) is 10.5. The molecule has 1 N–H and O–H groups in total. The number of fused-ring (bicyclic) bond motifs is 1. The molecule has 0 atom stereocenters. The normalized spacial score (nSPS) is 18.8. The summed E-state index contributed by atoms with van der Waals surface area (Å²) >= 11 is 0. The molecular weight excluding hydrogens is 404 g/mol. The van der Waals surface area contributed by atoms with Crippen LogP contribution in [0.5, 0.6) is 0 Å². The molecule has 1 saturated heterocycles. The van der Waals surface area contributed by atoms with Crippen LogP contribution < -0.4 is 0 Å². The van der Waals surface area contributed by atoms with Crippen LogP contribution in [-0.2, 0) is 11.3 Å². The predicted octanol–water partition coefficient (Wildman–Crippen LogP) is 6.03. The van der Waals surface area contributed by atoms with E-state index >= 15 is 0 Å². The molecule has 0 radical (unpaired) electrons. The zero-order chi connectivity index (χ0) is 22.9. The van der Waals surface area contributed by atoms with Gasteiger partial charge < -0.3 is 19.3 Å². The third kappa shape index (κ3) is 4.94. The van der Waals surface area contributed by atoms with E-state index in [1.807, 2.05) is 39.0 Å². The van der Waals surface area contributed by atoms with Crippen LogP contribution in [0.3, 0.4) is 0 Å². The Morgan fingerprint density at radius 3 is 2.38 bits per heavy atom. The average molecular weight is 441 g/mol. The zero-order valence-corrected chi connectivity index (χ0v) is 19.6. The molecule has 1 aromatic heterocycles. The lowest BCUT2D eigenvalue weighted by Gasteiger charge is -2.34. The number of carbonyl (C=O) groups excluding carboxylic acids is 1. The van der Waals surface area contributed by atoms with Crippen molar-refractivity contribution < 1.29 is 19.4 Å². The Labute approximate surface area is 190 Å². The molecule has 1 amide bonds. The van der Waals surface area contributed by atoms with Crippen LogP contribution in [0.15, 0.2) is 24.3 Å². The number of amides is 1. The van der Waals surface area contributed by atoms with Crippen LogP contribution in [0.25, 0.3) is 10.9 Å². The molecule has 1 aromatic carbocycles. The van der Waals surface area contributed by atoms with Gasteiger partial charge in [-0.15, -0.1) is 0 Å². The van der Waals surface area contributed by atoms with Crippen molar-refractivity contribution in [2.75, 3.05) is 13.1 Å². The minimum absolute atomic E-state index is 0.247. The number of para-hydroxylation sites is 1. The quantitative estimate of drug-likeness (QED) is 0.630. The Hall–Kier alpha value is -2.50. The number of likely N-dealkylation sites (tertiary alicyclic amines) is 1. The highest BCUT2D eigenvalue weighted by Crippen LogP contribution is 2.36. The van der Waals surface area contributed by atoms with E-state index < -0.39 is 11.6 Å². The molecule has 6 nitrogen and oxygen atoms in total. The molecule has 6 heteroatoms. The van der Waals surface area contributed by atoms with E-state index in [1.54, 1.807) is 4.90 Å². The highest BCUT2D eigenvalue weighted by atomic mass is 16.6. The lowest BCUT2D eigenvalue weighted by atomic mass is 9.87. The molecule has 0 bridgehead atoms. The first-order chi connectivity index (χ1) is 15.2. The number of hydrogen-bond acceptors (Lipinski definition) is 3. The Bertz CT molecular complexity index is 974. The van der Waals surface area contributed by atoms with E-state index in [2.05, 4.69) is 10.6 Å². The van der Waals surface area contributed by atoms with Gasteiger partial charge >= 0.3 is 12.1 Å². The third-order valence-electron chi connectivity index (χ3n) is 6.92. The second kappa shape index (κ2) is 9.16. The maximum Gasteiger partial charge on any atom is 0.410 e. The molecule has 0 spiro atoms. The first-order valence-corrected chi connectivity index (χ1v) is 12.1. The van der Waals surface area contributed by atoms with E-state index in [4.69, 9.17) is 4.74 Å². The molecule has 1 aliphatic heterocycles. The van der Waals surface area contributed by atoms with Crippen LogP contribution in [0.1, 0.15) is 87.7 Å². The standard InChI is InChI=1S/C26H36N2O4/c1-26(2,3)32-25(31)27-14-12-19(13-15-27)21-11-7-10-20-16-22(24(29)30)28(23(20)21)17-18-8-5-4-6-9-18/h7,10-11,16,18-19H,4-6,8-9,12-15,17H2,1-3H3,(H,29,30). The number of aromatic carboxylic acids is 1. The van der Waals surface area contributed by atoms with Gasteiger partial charge in [0, 0.05) is 25.0 Å². The Morgan fingerprint density at radius 2 is 1.75 bits per heavy atom. The minimum atomic E-state index is -0.859. The first-order valence-electron chi connectivity index (χ1n) is 12.1. The van der Waals surface area contributed by atoms with E-state index in [0.29, 0.717) is 30.6 Å². The molecule has 2 fully saturated rings. The van der Waals surface area contributed by atoms with Gasteiger partial charge in [-0.25, -0.2) is 9.59 Å². The van der Waals surface area contributed by atoms with E-state index in [-0.39, 0.29) is 6.09 Å². The molecular formula is C26H36N2O4. The lowest BCUT2D eigenvalue weighted by Crippen LogP contribution is -2.41. The van der Waals surface area contributed by atoms with Crippen molar-refractivity contribution in [1.29, 1.82) is 0 Å². The number of carbonyl (C=O) groups is 2. The van der Waals surface area contributed by atoms with Crippen LogP contribution in [0.4, 0.5) is 4.79 Å². The number of rotatable bonds is 4. The summed E-state index contributed by atoms with van der Waals surface area (Å²) in [6.45, 7) is 7.76. The van der Waals surface area contributed by atoms with Crippen LogP contribution >= 0.6 is 0 Å². The average Bonchev–Trinajstić information content (AvgIpc) is 3.12. The predicted molar refractivity (Wildman–Crippen MR) is 125 cm³/mol. The number of carboxylic acids is 1. The van der Waals surface area contributed by atoms with E-state index in [1.165, 1.54) is 37.7 Å². The Balaban J connectivity index is 1.59. The zero-order valence-electron chi connectivity index (χ0n) is 19.6. The van der Waals surface area contributed by atoms with Crippen molar-refractivity contribution in [1.82, 2.24) is 9.47 Å². The van der Waals surface area contributed by atoms with Crippen molar-refractivity contribution in [2.45, 2.75) is 83.8 Å². The topological polar surface area (TPSA) is 71.8 Å². The number of hydrogen-bond donors (Lipinski definition) is 1. The minimum Gasteiger partial charge on any atom is -0.477 e. The highest BCUT2D eigenvalue weighted by Gasteiger charge is 2.30. The van der Waals surface area contributed by atoms with Gasteiger partial charge in [0.25, 0.3) is 0 Å². The number of aromatic nitrogens is 1. The van der Waals surface area contributed by atoms with Crippen molar-refractivity contribution >= 4 is 23.0 Å². The first kappa shape index (κ1) is 22.7. The SMILES string of the molecule is CC(C)(C)OC(=O)N1CCC(c2cccc3cc(C(=O)O)n(CC4CCCCC4)c23)CC1. The Kier molecular flexibility index (Phi) is 6.50. The fourth-order valence-electron chi connectivity index (χ4n) is 5.38. The summed E-state index contributed by atoms with van der Waals surface area (Å²) in [5.74, 6) is -0.0127. The summed E-state index contributed by atoms with van der Waals surface area (Å²) in [7, 11) is 0. The van der Waals surface area contributed by atoms with Gasteiger partial charge in [0.1, 0.15) is 11.3 Å². The molecule has 4 rings (SSSR count). The number of benzene rings is 1. The molecule has 32 heavy (non-hydrogen) atoms. The summed E-state index contributed by atoms with van der Waals surface area (Å²) in [6, 6.07) is 8.05. The molecule has 1 aliphatic carbocycles. The third-order valence-corrected chi connectivity index (χ3v) is 6.92. The molecule has 174 valence electrons. The van der Waals surface area contributed by atoms with Crippen molar-refractivity contribution in [3.63, 3.8) is 0 Å². The summed E-state index contributed by atoms with van der Waals surface area (Å²) in [5.41, 5.74) is 2.19. The number of nitrogens with zero attached hydrogens (tertiary/aromatic N) is 2. The fraction of sp³-hybridized carbons (Fsp3) is 0.615. The van der Waals surface area contributed by atoms with Gasteiger partial charge in [-0.1, -0.05) is 37.5 Å². The summed E-state index contributed by atoms with van der Waals surface area (Å²) in [5, 5.41) is 10.9. The van der Waals surface area contributed by atoms with Gasteiger partial charge in [0.2, 0.25) is 0 Å². The van der Waals surface area contributed by atoms with Crippen LogP contribution in [0, 0.1) is 5.92 Å². The van der Waals surface area contributed by atoms with E-state index in [9.17, 15) is 14.7 Å². The van der Waals surface area contributed by atoms with Crippen LogP contribution in [-0.4, -0.2) is 45.3 Å². The number of piperidine rings is 1.